The minimum atomic E-state index is -1.27. The van der Waals surface area contributed by atoms with Crippen LogP contribution in [-0.4, -0.2) is 5.78 Å². The Morgan fingerprint density at radius 1 is 1.03 bits per heavy atom. The van der Waals surface area contributed by atoms with Crippen LogP contribution in [0.1, 0.15) is 105 Å². The molecule has 3 heteroatoms. The maximum atomic E-state index is 14.0. The molecule has 1 spiro atoms. The SMILES string of the molecule is CC(C)CCC[C@@H](C)[C@H]1CC[C@H]2[C@@H]3C[C@]45C(=O)[C@@H]([CH2][Hg][Cl])C[C@H]4CC[C@]5(C)[C@H]3CC[C@]12C. The van der Waals surface area contributed by atoms with E-state index in [0.717, 1.165) is 45.2 Å². The minimum absolute atomic E-state index is 0.0547. The van der Waals surface area contributed by atoms with Crippen LogP contribution >= 0.6 is 8.25 Å². The van der Waals surface area contributed by atoms with Gasteiger partial charge in [0.15, 0.2) is 0 Å². The fourth-order valence-corrected chi connectivity index (χ4v) is 16.5. The third-order valence-corrected chi connectivity index (χ3v) is 18.1. The van der Waals surface area contributed by atoms with Crippen molar-refractivity contribution in [1.29, 1.82) is 0 Å². The summed E-state index contributed by atoms with van der Waals surface area (Å²) in [6.45, 7) is 12.6. The normalized spacial score (nSPS) is 50.2. The van der Waals surface area contributed by atoms with E-state index in [2.05, 4.69) is 34.6 Å². The summed E-state index contributed by atoms with van der Waals surface area (Å²) in [7, 11) is 6.36. The first-order valence-electron chi connectivity index (χ1n) is 14.3. The fraction of sp³-hybridized carbons (Fsp3) is 0.966. The Morgan fingerprint density at radius 2 is 1.81 bits per heavy atom. The van der Waals surface area contributed by atoms with Crippen LogP contribution in [0.3, 0.4) is 0 Å². The van der Waals surface area contributed by atoms with Crippen molar-refractivity contribution >= 4 is 14.0 Å². The van der Waals surface area contributed by atoms with Gasteiger partial charge in [0, 0.05) is 0 Å². The van der Waals surface area contributed by atoms with Gasteiger partial charge in [-0.25, -0.2) is 0 Å². The first-order chi connectivity index (χ1) is 15.2. The summed E-state index contributed by atoms with van der Waals surface area (Å²) < 4.78 is 1.14. The van der Waals surface area contributed by atoms with Gasteiger partial charge in [0.2, 0.25) is 0 Å². The van der Waals surface area contributed by atoms with Gasteiger partial charge in [-0.05, 0) is 5.92 Å². The molecule has 0 N–H and O–H groups in total. The number of Topliss-reactive ketones (excluding diaryl/α,β-unsaturated/α-hetero) is 1. The van der Waals surface area contributed by atoms with E-state index in [9.17, 15) is 4.79 Å². The summed E-state index contributed by atoms with van der Waals surface area (Å²) >= 11 is -1.27. The first-order valence-corrected chi connectivity index (χ1v) is 24.9. The van der Waals surface area contributed by atoms with E-state index >= 15 is 0 Å². The Morgan fingerprint density at radius 3 is 2.53 bits per heavy atom. The van der Waals surface area contributed by atoms with E-state index in [4.69, 9.17) is 8.25 Å². The van der Waals surface area contributed by atoms with Gasteiger partial charge in [-0.1, -0.05) is 20.3 Å². The van der Waals surface area contributed by atoms with Crippen LogP contribution in [0.25, 0.3) is 0 Å². The summed E-state index contributed by atoms with van der Waals surface area (Å²) in [5.41, 5.74) is 0.895. The number of halogens is 1. The van der Waals surface area contributed by atoms with Crippen LogP contribution < -0.4 is 0 Å². The van der Waals surface area contributed by atoms with Crippen molar-refractivity contribution in [2.45, 2.75) is 109 Å². The van der Waals surface area contributed by atoms with Crippen molar-refractivity contribution in [1.82, 2.24) is 0 Å². The third kappa shape index (κ3) is 3.34. The molecular weight excluding hydrogens is 600 g/mol. The Hall–Kier alpha value is 0.895. The molecule has 32 heavy (non-hydrogen) atoms. The number of hydrogen-bond donors (Lipinski definition) is 0. The molecule has 10 atom stereocenters. The number of carbonyl (C=O) groups is 1. The molecule has 0 aromatic heterocycles. The zero-order chi connectivity index (χ0) is 22.9. The molecule has 5 aliphatic rings. The van der Waals surface area contributed by atoms with Crippen molar-refractivity contribution in [3.63, 3.8) is 0 Å². The molecule has 5 saturated carbocycles. The van der Waals surface area contributed by atoms with E-state index < -0.39 is 23.3 Å². The Labute approximate surface area is 213 Å². The van der Waals surface area contributed by atoms with Crippen LogP contribution in [0, 0.1) is 63.6 Å². The van der Waals surface area contributed by atoms with Crippen LogP contribution in [-0.2, 0) is 28.1 Å². The fourth-order valence-electron chi connectivity index (χ4n) is 11.2. The molecule has 0 bridgehead atoms. The summed E-state index contributed by atoms with van der Waals surface area (Å²) in [6, 6.07) is 0. The van der Waals surface area contributed by atoms with E-state index in [-0.39, 0.29) is 5.41 Å². The number of hydrogen-bond acceptors (Lipinski definition) is 1. The second-order valence-corrected chi connectivity index (χ2v) is 21.0. The molecule has 5 rings (SSSR count). The number of ketones is 1. The molecule has 0 radical (unpaired) electrons. The van der Waals surface area contributed by atoms with Gasteiger partial charge < -0.3 is 0 Å². The number of rotatable bonds is 7. The van der Waals surface area contributed by atoms with Gasteiger partial charge in [-0.3, -0.25) is 0 Å². The van der Waals surface area contributed by atoms with Crippen molar-refractivity contribution in [2.24, 2.45) is 63.6 Å². The van der Waals surface area contributed by atoms with Gasteiger partial charge in [-0.15, -0.1) is 0 Å². The Bertz CT molecular complexity index is 737. The van der Waals surface area contributed by atoms with Crippen molar-refractivity contribution in [3.05, 3.63) is 0 Å². The topological polar surface area (TPSA) is 17.1 Å². The molecule has 0 heterocycles. The number of fused-ring (bicyclic) bond motifs is 4. The average Bonchev–Trinajstić information content (AvgIpc) is 3.38. The van der Waals surface area contributed by atoms with Gasteiger partial charge in [0.25, 0.3) is 0 Å². The summed E-state index contributed by atoms with van der Waals surface area (Å²) in [4.78, 5) is 14.0. The Kier molecular flexibility index (Phi) is 6.74. The van der Waals surface area contributed by atoms with Crippen LogP contribution in [0.2, 0.25) is 3.93 Å². The second kappa shape index (κ2) is 8.78. The molecule has 178 valence electrons. The molecule has 0 aromatic rings. The zero-order valence-electron chi connectivity index (χ0n) is 21.6. The van der Waals surface area contributed by atoms with E-state index in [0.29, 0.717) is 22.7 Å². The quantitative estimate of drug-likeness (QED) is 0.253. The standard InChI is InChI=1S/C29H47O.ClH.Hg/c1-18(2)8-7-9-19(3)23-10-11-24-22-17-29-21(16-20(4)26(29)30)12-15-28(29,6)25(22)13-14-27(23,24)5;;/h18-25H,4,7-17H2,1-3,5-6H3;1H;/q;;+1/p-1/t19-,20+,21-,22+,23-,24+,25+,27-,28-,29-;;/m1../s1. The maximum absolute atomic E-state index is 14.0. The molecule has 0 unspecified atom stereocenters. The zero-order valence-corrected chi connectivity index (χ0v) is 27.9. The van der Waals surface area contributed by atoms with E-state index in [1.54, 1.807) is 0 Å². The summed E-state index contributed by atoms with van der Waals surface area (Å²) in [5, 5.41) is 0. The van der Waals surface area contributed by atoms with Crippen molar-refractivity contribution < 1.29 is 28.1 Å². The summed E-state index contributed by atoms with van der Waals surface area (Å²) in [6.07, 6.45) is 15.1. The average molecular weight is 648 g/mol. The number of carbonyl (C=O) groups excluding carboxylic acids is 1. The molecule has 0 aliphatic heterocycles. The van der Waals surface area contributed by atoms with E-state index in [1.165, 1.54) is 70.6 Å². The van der Waals surface area contributed by atoms with Gasteiger partial charge in [0.05, 0.1) is 0 Å². The predicted molar refractivity (Wildman–Crippen MR) is 130 cm³/mol. The monoisotopic (exact) mass is 648 g/mol. The van der Waals surface area contributed by atoms with E-state index in [1.807, 2.05) is 0 Å². The van der Waals surface area contributed by atoms with Gasteiger partial charge >= 0.3 is 189 Å². The van der Waals surface area contributed by atoms with Crippen molar-refractivity contribution in [3.8, 4) is 0 Å². The summed E-state index contributed by atoms with van der Waals surface area (Å²) in [5.74, 6) is 6.95. The third-order valence-electron chi connectivity index (χ3n) is 12.6. The van der Waals surface area contributed by atoms with Crippen LogP contribution in [0.4, 0.5) is 0 Å². The van der Waals surface area contributed by atoms with Crippen LogP contribution in [0.5, 0.6) is 0 Å². The predicted octanol–water partition coefficient (Wildman–Crippen LogP) is 8.56. The molecular formula is C29H47ClHgO. The Balaban J connectivity index is 1.38. The van der Waals surface area contributed by atoms with Gasteiger partial charge in [-0.2, -0.15) is 0 Å². The molecule has 1 nitrogen and oxygen atoms in total. The molecule has 0 saturated heterocycles. The molecule has 0 amide bonds. The first kappa shape index (κ1) is 24.6. The molecule has 0 aromatic carbocycles. The molecule has 5 aliphatic carbocycles. The second-order valence-electron chi connectivity index (χ2n) is 14.0. The van der Waals surface area contributed by atoms with Crippen molar-refractivity contribution in [2.75, 3.05) is 0 Å². The van der Waals surface area contributed by atoms with Crippen LogP contribution in [0.15, 0.2) is 0 Å². The molecule has 5 fully saturated rings. The van der Waals surface area contributed by atoms with Gasteiger partial charge in [0.1, 0.15) is 0 Å².